The van der Waals surface area contributed by atoms with Crippen LogP contribution in [0.2, 0.25) is 0 Å². The molecule has 2 aliphatic carbocycles. The molecule has 0 unspecified atom stereocenters. The molecule has 53 heavy (non-hydrogen) atoms. The molecule has 2 atom stereocenters. The molecule has 2 aromatic rings. The molecule has 1 amide bonds. The molecule has 0 radical (unpaired) electrons. The van der Waals surface area contributed by atoms with E-state index in [0.29, 0.717) is 18.0 Å². The number of aliphatic carboxylic acids is 1. The number of aliphatic hydroxyl groups excluding tert-OH is 2. The van der Waals surface area contributed by atoms with Crippen LogP contribution in [0.3, 0.4) is 0 Å². The van der Waals surface area contributed by atoms with E-state index in [1.165, 1.54) is 80.6 Å². The number of carboxylic acid groups (broad SMARTS) is 1. The minimum atomic E-state index is -0.606. The Bertz CT molecular complexity index is 1330. The third-order valence-electron chi connectivity index (χ3n) is 12.3. The monoisotopic (exact) mass is 736 g/mol. The fraction of sp³-hybridized carbons (Fsp3) is 0.721. The van der Waals surface area contributed by atoms with Gasteiger partial charge in [0.05, 0.1) is 5.92 Å². The van der Waals surface area contributed by atoms with Gasteiger partial charge in [-0.25, -0.2) is 0 Å². The van der Waals surface area contributed by atoms with Gasteiger partial charge in [0.25, 0.3) is 0 Å². The molecule has 4 fully saturated rings. The summed E-state index contributed by atoms with van der Waals surface area (Å²) in [7, 11) is 4.40. The van der Waals surface area contributed by atoms with E-state index >= 15 is 0 Å². The first-order valence-corrected chi connectivity index (χ1v) is 20.7. The molecule has 2 saturated heterocycles. The zero-order valence-electron chi connectivity index (χ0n) is 32.9. The number of nitrogens with one attached hydrogen (secondary N) is 1. The van der Waals surface area contributed by atoms with Gasteiger partial charge in [-0.05, 0) is 172 Å². The van der Waals surface area contributed by atoms with Crippen molar-refractivity contribution >= 4 is 11.9 Å². The smallest absolute Gasteiger partial charge is 0.306 e. The molecule has 2 aliphatic heterocycles. The van der Waals surface area contributed by atoms with E-state index in [1.807, 2.05) is 0 Å². The number of carbonyl (C=O) groups is 2. The van der Waals surface area contributed by atoms with E-state index in [0.717, 1.165) is 76.5 Å². The Labute approximate surface area is 319 Å². The third kappa shape index (κ3) is 14.0. The molecule has 296 valence electrons. The lowest BCUT2D eigenvalue weighted by molar-refractivity contribution is -0.143. The van der Waals surface area contributed by atoms with Crippen LogP contribution < -0.4 is 5.32 Å². The van der Waals surface area contributed by atoms with E-state index in [9.17, 15) is 9.59 Å². The first-order valence-electron chi connectivity index (χ1n) is 20.7. The van der Waals surface area contributed by atoms with Crippen molar-refractivity contribution in [2.45, 2.75) is 135 Å². The average Bonchev–Trinajstić information content (AvgIpc) is 3.81. The van der Waals surface area contributed by atoms with Crippen LogP contribution in [-0.2, 0) is 22.4 Å². The Hall–Kier alpha value is -2.92. The van der Waals surface area contributed by atoms with Gasteiger partial charge in [-0.3, -0.25) is 29.4 Å². The summed E-state index contributed by atoms with van der Waals surface area (Å²) in [4.78, 5) is 37.0. The van der Waals surface area contributed by atoms with Gasteiger partial charge in [0.2, 0.25) is 5.91 Å². The SMILES string of the molecule is CCO.CN1CCC[C@H]1c1ccc(CCCC2CCC(C(=O)NCO)CC2)nc1.CN1CCC[C@H]1c1ccc(CCCC2CCC(C(=O)O)CC2)nc1. The zero-order chi connectivity index (χ0) is 38.0. The first-order chi connectivity index (χ1) is 25.7. The largest absolute Gasteiger partial charge is 0.481 e. The van der Waals surface area contributed by atoms with E-state index in [1.54, 1.807) is 6.92 Å². The second-order valence-electron chi connectivity index (χ2n) is 16.0. The molecule has 4 N–H and O–H groups in total. The fourth-order valence-corrected chi connectivity index (χ4v) is 9.00. The van der Waals surface area contributed by atoms with Crippen LogP contribution in [0.15, 0.2) is 36.7 Å². The van der Waals surface area contributed by atoms with Crippen LogP contribution in [0.1, 0.15) is 144 Å². The maximum atomic E-state index is 11.8. The number of rotatable bonds is 13. The highest BCUT2D eigenvalue weighted by Crippen LogP contribution is 2.34. The number of nitrogens with zero attached hydrogens (tertiary/aromatic N) is 4. The molecule has 0 aromatic carbocycles. The quantitative estimate of drug-likeness (QED) is 0.159. The van der Waals surface area contributed by atoms with Crippen molar-refractivity contribution in [3.05, 3.63) is 59.2 Å². The second-order valence-corrected chi connectivity index (χ2v) is 16.0. The topological polar surface area (TPSA) is 139 Å². The van der Waals surface area contributed by atoms with Crippen LogP contribution in [0.5, 0.6) is 0 Å². The van der Waals surface area contributed by atoms with Crippen molar-refractivity contribution in [3.63, 3.8) is 0 Å². The van der Waals surface area contributed by atoms with Gasteiger partial charge < -0.3 is 20.6 Å². The Morgan fingerprint density at radius 3 is 1.47 bits per heavy atom. The summed E-state index contributed by atoms with van der Waals surface area (Å²) in [6.45, 7) is 4.06. The Morgan fingerprint density at radius 2 is 1.13 bits per heavy atom. The highest BCUT2D eigenvalue weighted by atomic mass is 16.4. The van der Waals surface area contributed by atoms with E-state index in [-0.39, 0.29) is 31.1 Å². The van der Waals surface area contributed by atoms with Gasteiger partial charge in [0.15, 0.2) is 0 Å². The summed E-state index contributed by atoms with van der Waals surface area (Å²) < 4.78 is 0. The van der Waals surface area contributed by atoms with Crippen molar-refractivity contribution in [2.75, 3.05) is 40.5 Å². The summed E-state index contributed by atoms with van der Waals surface area (Å²) in [6.07, 6.45) is 24.1. The van der Waals surface area contributed by atoms with Crippen molar-refractivity contribution in [2.24, 2.45) is 23.7 Å². The Balaban J connectivity index is 0.000000221. The number of hydrogen-bond acceptors (Lipinski definition) is 8. The highest BCUT2D eigenvalue weighted by Gasteiger charge is 2.27. The maximum absolute atomic E-state index is 11.8. The fourth-order valence-electron chi connectivity index (χ4n) is 9.00. The standard InChI is InChI=1S/C21H33N3O2.C20H30N2O2.C2H6O/c1-24-13-3-6-20(24)18-11-12-19(22-14-18)5-2-4-16-7-9-17(10-8-16)21(26)23-15-25;1-22-13-3-6-19(22)17-11-12-18(21-14-17)5-2-4-15-7-9-16(10-8-15)20(23)24;1-2-3/h11-12,14,16-17,20,25H,2-10,13,15H2,1H3,(H,23,26);11-12,14-16,19H,2-10,13H2,1H3,(H,23,24);3H,2H2,1H3/t16?,17?,20-;15?,16?,19-;/m00./s1. The summed E-state index contributed by atoms with van der Waals surface area (Å²) in [5.41, 5.74) is 5.10. The number of aliphatic hydroxyl groups is 2. The molecule has 4 heterocycles. The lowest BCUT2D eigenvalue weighted by atomic mass is 9.79. The molecule has 10 heteroatoms. The van der Waals surface area contributed by atoms with E-state index < -0.39 is 5.97 Å². The minimum absolute atomic E-state index is 0.0168. The number of pyridine rings is 2. The van der Waals surface area contributed by atoms with Gasteiger partial charge in [0, 0.05) is 48.4 Å². The number of carboxylic acids is 1. The normalized spacial score (nSPS) is 26.2. The summed E-state index contributed by atoms with van der Waals surface area (Å²) in [6, 6.07) is 10.0. The molecule has 2 aromatic heterocycles. The summed E-state index contributed by atoms with van der Waals surface area (Å²) in [5.74, 6) is 0.867. The number of aromatic nitrogens is 2. The molecular formula is C43H69N5O5. The van der Waals surface area contributed by atoms with Gasteiger partial charge in [-0.2, -0.15) is 0 Å². The van der Waals surface area contributed by atoms with Crippen LogP contribution in [-0.4, -0.2) is 87.5 Å². The number of aryl methyl sites for hydroxylation is 2. The van der Waals surface area contributed by atoms with E-state index in [4.69, 9.17) is 20.3 Å². The predicted octanol–water partition coefficient (Wildman–Crippen LogP) is 7.10. The molecule has 0 bridgehead atoms. The summed E-state index contributed by atoms with van der Waals surface area (Å²) >= 11 is 0. The Kier molecular flexibility index (Phi) is 18.7. The third-order valence-corrected chi connectivity index (χ3v) is 12.3. The molecule has 4 aliphatic rings. The number of likely N-dealkylation sites (tertiary alicyclic amines) is 2. The van der Waals surface area contributed by atoms with Crippen LogP contribution >= 0.6 is 0 Å². The lowest BCUT2D eigenvalue weighted by Crippen LogP contribution is -2.33. The van der Waals surface area contributed by atoms with Crippen molar-refractivity contribution < 1.29 is 24.9 Å². The second kappa shape index (κ2) is 23.1. The van der Waals surface area contributed by atoms with Crippen molar-refractivity contribution in [1.82, 2.24) is 25.1 Å². The first kappa shape index (κ1) is 42.8. The van der Waals surface area contributed by atoms with Gasteiger partial charge in [-0.15, -0.1) is 0 Å². The maximum Gasteiger partial charge on any atom is 0.306 e. The Morgan fingerprint density at radius 1 is 0.698 bits per heavy atom. The number of hydrogen-bond donors (Lipinski definition) is 4. The van der Waals surface area contributed by atoms with Gasteiger partial charge >= 0.3 is 5.97 Å². The molecule has 6 rings (SSSR count). The van der Waals surface area contributed by atoms with E-state index in [2.05, 4.69) is 70.9 Å². The predicted molar refractivity (Wildman–Crippen MR) is 210 cm³/mol. The van der Waals surface area contributed by atoms with Crippen LogP contribution in [0, 0.1) is 23.7 Å². The average molecular weight is 736 g/mol. The molecular weight excluding hydrogens is 667 g/mol. The van der Waals surface area contributed by atoms with Crippen LogP contribution in [0.4, 0.5) is 0 Å². The van der Waals surface area contributed by atoms with Crippen molar-refractivity contribution in [3.8, 4) is 0 Å². The van der Waals surface area contributed by atoms with Gasteiger partial charge in [0.1, 0.15) is 6.73 Å². The molecule has 0 spiro atoms. The highest BCUT2D eigenvalue weighted by molar-refractivity contribution is 5.78. The minimum Gasteiger partial charge on any atom is -0.481 e. The van der Waals surface area contributed by atoms with Crippen molar-refractivity contribution in [1.29, 1.82) is 0 Å². The number of amides is 1. The molecule has 10 nitrogen and oxygen atoms in total. The van der Waals surface area contributed by atoms with Crippen LogP contribution in [0.25, 0.3) is 0 Å². The molecule has 2 saturated carbocycles. The lowest BCUT2D eigenvalue weighted by Gasteiger charge is -2.27. The van der Waals surface area contributed by atoms with Gasteiger partial charge in [-0.1, -0.05) is 25.0 Å². The zero-order valence-corrected chi connectivity index (χ0v) is 32.9. The summed E-state index contributed by atoms with van der Waals surface area (Å²) in [5, 5.41) is 27.9. The number of carbonyl (C=O) groups excluding carboxylic acids is 1.